The number of amides is 1. The molecule has 0 aliphatic heterocycles. The molecule has 0 aromatic carbocycles. The van der Waals surface area contributed by atoms with Gasteiger partial charge in [0.05, 0.1) is 0 Å². The van der Waals surface area contributed by atoms with Crippen LogP contribution in [0.25, 0.3) is 0 Å². The van der Waals surface area contributed by atoms with Gasteiger partial charge in [-0.25, -0.2) is 0 Å². The van der Waals surface area contributed by atoms with E-state index in [9.17, 15) is 4.79 Å². The van der Waals surface area contributed by atoms with Crippen molar-refractivity contribution in [3.63, 3.8) is 0 Å². The standard InChI is InChI=1S/C17H30N2O/c18-10-6-4-2-1-3-5-7-17(20)19-13-16-12-14-8-9-15(16)11-14/h8-9,14-16H,1-7,10-13,18H2,(H,19,20). The zero-order valence-corrected chi connectivity index (χ0v) is 12.7. The highest BCUT2D eigenvalue weighted by molar-refractivity contribution is 5.75. The molecule has 0 heterocycles. The van der Waals surface area contributed by atoms with Crippen LogP contribution in [0.2, 0.25) is 0 Å². The summed E-state index contributed by atoms with van der Waals surface area (Å²) >= 11 is 0. The highest BCUT2D eigenvalue weighted by Crippen LogP contribution is 2.42. The first kappa shape index (κ1) is 15.6. The molecule has 20 heavy (non-hydrogen) atoms. The van der Waals surface area contributed by atoms with Crippen molar-refractivity contribution in [3.05, 3.63) is 12.2 Å². The first-order chi connectivity index (χ1) is 9.79. The van der Waals surface area contributed by atoms with Crippen molar-refractivity contribution in [1.29, 1.82) is 0 Å². The van der Waals surface area contributed by atoms with Crippen LogP contribution in [0.4, 0.5) is 0 Å². The highest BCUT2D eigenvalue weighted by atomic mass is 16.1. The molecule has 0 spiro atoms. The summed E-state index contributed by atoms with van der Waals surface area (Å²) in [4.78, 5) is 11.8. The minimum absolute atomic E-state index is 0.249. The second-order valence-corrected chi connectivity index (χ2v) is 6.50. The third kappa shape index (κ3) is 4.93. The number of hydrogen-bond acceptors (Lipinski definition) is 2. The molecule has 2 aliphatic rings. The third-order valence-corrected chi connectivity index (χ3v) is 4.84. The normalized spacial score (nSPS) is 27.1. The van der Waals surface area contributed by atoms with Gasteiger partial charge in [0.1, 0.15) is 0 Å². The van der Waals surface area contributed by atoms with Gasteiger partial charge in [0.15, 0.2) is 0 Å². The molecule has 0 aromatic heterocycles. The average molecular weight is 278 g/mol. The summed E-state index contributed by atoms with van der Waals surface area (Å²) in [6, 6.07) is 0. The van der Waals surface area contributed by atoms with Crippen molar-refractivity contribution in [2.24, 2.45) is 23.5 Å². The lowest BCUT2D eigenvalue weighted by atomic mass is 9.93. The van der Waals surface area contributed by atoms with Gasteiger partial charge in [-0.15, -0.1) is 0 Å². The molecule has 3 nitrogen and oxygen atoms in total. The van der Waals surface area contributed by atoms with E-state index in [0.29, 0.717) is 12.3 Å². The molecule has 2 rings (SSSR count). The van der Waals surface area contributed by atoms with Crippen LogP contribution >= 0.6 is 0 Å². The molecule has 0 radical (unpaired) electrons. The number of nitrogens with two attached hydrogens (primary N) is 1. The molecule has 114 valence electrons. The van der Waals surface area contributed by atoms with Gasteiger partial charge >= 0.3 is 0 Å². The lowest BCUT2D eigenvalue weighted by molar-refractivity contribution is -0.121. The van der Waals surface area contributed by atoms with Crippen LogP contribution in [0, 0.1) is 17.8 Å². The molecular formula is C17H30N2O. The predicted molar refractivity (Wildman–Crippen MR) is 83.2 cm³/mol. The van der Waals surface area contributed by atoms with Crippen LogP contribution < -0.4 is 11.1 Å². The van der Waals surface area contributed by atoms with Crippen LogP contribution in [0.15, 0.2) is 12.2 Å². The second kappa shape index (κ2) is 8.46. The van der Waals surface area contributed by atoms with Gasteiger partial charge in [0.2, 0.25) is 5.91 Å². The van der Waals surface area contributed by atoms with Crippen molar-refractivity contribution >= 4 is 5.91 Å². The van der Waals surface area contributed by atoms with Crippen molar-refractivity contribution in [3.8, 4) is 0 Å². The third-order valence-electron chi connectivity index (χ3n) is 4.84. The Balaban J connectivity index is 1.44. The van der Waals surface area contributed by atoms with E-state index in [2.05, 4.69) is 17.5 Å². The summed E-state index contributed by atoms with van der Waals surface area (Å²) in [5.41, 5.74) is 5.46. The zero-order chi connectivity index (χ0) is 14.2. The maximum atomic E-state index is 11.8. The Labute approximate surface area is 123 Å². The van der Waals surface area contributed by atoms with Gasteiger partial charge in [-0.2, -0.15) is 0 Å². The molecule has 1 saturated carbocycles. The summed E-state index contributed by atoms with van der Waals surface area (Å²) in [6.45, 7) is 1.70. The van der Waals surface area contributed by atoms with Crippen molar-refractivity contribution in [2.45, 2.75) is 57.8 Å². The molecule has 1 amide bonds. The van der Waals surface area contributed by atoms with E-state index in [0.717, 1.165) is 37.8 Å². The fraction of sp³-hybridized carbons (Fsp3) is 0.824. The molecule has 3 unspecified atom stereocenters. The van der Waals surface area contributed by atoms with Crippen molar-refractivity contribution in [1.82, 2.24) is 5.32 Å². The molecular weight excluding hydrogens is 248 g/mol. The number of hydrogen-bond donors (Lipinski definition) is 2. The fourth-order valence-corrected chi connectivity index (χ4v) is 3.60. The van der Waals surface area contributed by atoms with E-state index in [-0.39, 0.29) is 5.91 Å². The van der Waals surface area contributed by atoms with Gasteiger partial charge in [-0.05, 0) is 50.0 Å². The molecule has 0 aromatic rings. The fourth-order valence-electron chi connectivity index (χ4n) is 3.60. The van der Waals surface area contributed by atoms with Crippen LogP contribution in [-0.2, 0) is 4.79 Å². The minimum Gasteiger partial charge on any atom is -0.356 e. The van der Waals surface area contributed by atoms with Gasteiger partial charge < -0.3 is 11.1 Å². The van der Waals surface area contributed by atoms with Crippen LogP contribution in [0.1, 0.15) is 57.8 Å². The monoisotopic (exact) mass is 278 g/mol. The van der Waals surface area contributed by atoms with E-state index in [1.165, 1.54) is 38.5 Å². The van der Waals surface area contributed by atoms with E-state index in [1.54, 1.807) is 0 Å². The summed E-state index contributed by atoms with van der Waals surface area (Å²) in [5, 5.41) is 3.13. The first-order valence-electron chi connectivity index (χ1n) is 8.44. The minimum atomic E-state index is 0.249. The van der Waals surface area contributed by atoms with Crippen LogP contribution in [0.3, 0.4) is 0 Å². The molecule has 3 atom stereocenters. The highest BCUT2D eigenvalue weighted by Gasteiger charge is 2.35. The maximum Gasteiger partial charge on any atom is 0.220 e. The van der Waals surface area contributed by atoms with Gasteiger partial charge in [0, 0.05) is 13.0 Å². The van der Waals surface area contributed by atoms with Gasteiger partial charge in [-0.3, -0.25) is 4.79 Å². The Morgan fingerprint density at radius 2 is 1.80 bits per heavy atom. The van der Waals surface area contributed by atoms with Gasteiger partial charge in [-0.1, -0.05) is 37.8 Å². The van der Waals surface area contributed by atoms with Crippen LogP contribution in [-0.4, -0.2) is 19.0 Å². The summed E-state index contributed by atoms with van der Waals surface area (Å²) in [6.07, 6.45) is 15.1. The van der Waals surface area contributed by atoms with Crippen molar-refractivity contribution in [2.75, 3.05) is 13.1 Å². The van der Waals surface area contributed by atoms with E-state index in [4.69, 9.17) is 5.73 Å². The largest absolute Gasteiger partial charge is 0.356 e. The lowest BCUT2D eigenvalue weighted by Gasteiger charge is -2.18. The number of carbonyl (C=O) groups excluding carboxylic acids is 1. The Morgan fingerprint density at radius 1 is 1.05 bits per heavy atom. The summed E-state index contributed by atoms with van der Waals surface area (Å²) in [5.74, 6) is 2.49. The number of allylic oxidation sites excluding steroid dienone is 2. The second-order valence-electron chi connectivity index (χ2n) is 6.50. The smallest absolute Gasteiger partial charge is 0.220 e. The quantitative estimate of drug-likeness (QED) is 0.477. The Bertz CT molecular complexity index is 327. The topological polar surface area (TPSA) is 55.1 Å². The van der Waals surface area contributed by atoms with E-state index in [1.807, 2.05) is 0 Å². The molecule has 3 heteroatoms. The number of carbonyl (C=O) groups is 1. The van der Waals surface area contributed by atoms with E-state index < -0.39 is 0 Å². The molecule has 3 N–H and O–H groups in total. The Hall–Kier alpha value is -0.830. The predicted octanol–water partition coefficient (Wildman–Crippen LogP) is 3.00. The molecule has 2 aliphatic carbocycles. The first-order valence-corrected chi connectivity index (χ1v) is 8.44. The lowest BCUT2D eigenvalue weighted by Crippen LogP contribution is -2.30. The Kier molecular flexibility index (Phi) is 6.58. The summed E-state index contributed by atoms with van der Waals surface area (Å²) < 4.78 is 0. The zero-order valence-electron chi connectivity index (χ0n) is 12.7. The SMILES string of the molecule is NCCCCCCCCC(=O)NCC1CC2C=CC1C2. The molecule has 2 bridgehead atoms. The number of fused-ring (bicyclic) bond motifs is 2. The molecule has 1 fully saturated rings. The number of rotatable bonds is 10. The average Bonchev–Trinajstić information content (AvgIpc) is 3.06. The maximum absolute atomic E-state index is 11.8. The number of nitrogens with one attached hydrogen (secondary N) is 1. The number of unbranched alkanes of at least 4 members (excludes halogenated alkanes) is 5. The molecule has 0 saturated heterocycles. The van der Waals surface area contributed by atoms with Crippen LogP contribution in [0.5, 0.6) is 0 Å². The summed E-state index contributed by atoms with van der Waals surface area (Å²) in [7, 11) is 0. The van der Waals surface area contributed by atoms with Crippen molar-refractivity contribution < 1.29 is 4.79 Å². The Morgan fingerprint density at radius 3 is 2.45 bits per heavy atom. The van der Waals surface area contributed by atoms with E-state index >= 15 is 0 Å². The van der Waals surface area contributed by atoms with Gasteiger partial charge in [0.25, 0.3) is 0 Å².